The van der Waals surface area contributed by atoms with Gasteiger partial charge in [0.2, 0.25) is 5.75 Å². The summed E-state index contributed by atoms with van der Waals surface area (Å²) in [6, 6.07) is 5.34. The number of hydrogen-bond acceptors (Lipinski definition) is 6. The first-order chi connectivity index (χ1) is 9.00. The predicted octanol–water partition coefficient (Wildman–Crippen LogP) is 0.551. The summed E-state index contributed by atoms with van der Waals surface area (Å²) in [5, 5.41) is 10.8. The summed E-state index contributed by atoms with van der Waals surface area (Å²) in [7, 11) is -4.04. The van der Waals surface area contributed by atoms with Crippen LogP contribution in [-0.4, -0.2) is 43.9 Å². The van der Waals surface area contributed by atoms with Crippen molar-refractivity contribution in [3.8, 4) is 5.75 Å². The van der Waals surface area contributed by atoms with Crippen LogP contribution in [0.4, 0.5) is 5.69 Å². The minimum absolute atomic E-state index is 0.170. The van der Waals surface area contributed by atoms with E-state index >= 15 is 0 Å². The Balaban J connectivity index is 2.22. The molecule has 9 heteroatoms. The van der Waals surface area contributed by atoms with Crippen molar-refractivity contribution in [3.63, 3.8) is 0 Å². The van der Waals surface area contributed by atoms with Crippen LogP contribution in [0.15, 0.2) is 24.3 Å². The Hall–Kier alpha value is -1.71. The van der Waals surface area contributed by atoms with Gasteiger partial charge in [0.1, 0.15) is 0 Å². The van der Waals surface area contributed by atoms with E-state index in [2.05, 4.69) is 0 Å². The van der Waals surface area contributed by atoms with Crippen LogP contribution in [0.25, 0.3) is 0 Å². The Bertz CT molecular complexity index is 567. The SMILES string of the molecule is O=[N+]([O-])c1ccccc1OS(=O)(=O)N1CCOCC1. The van der Waals surface area contributed by atoms with Crippen LogP contribution >= 0.6 is 0 Å². The van der Waals surface area contributed by atoms with Crippen molar-refractivity contribution in [2.45, 2.75) is 0 Å². The molecule has 19 heavy (non-hydrogen) atoms. The summed E-state index contributed by atoms with van der Waals surface area (Å²) in [4.78, 5) is 10.1. The van der Waals surface area contributed by atoms with Gasteiger partial charge in [-0.2, -0.15) is 12.7 Å². The maximum Gasteiger partial charge on any atom is 0.385 e. The second-order valence-electron chi connectivity index (χ2n) is 3.78. The molecule has 0 N–H and O–H groups in total. The number of nitro benzene ring substituents is 1. The van der Waals surface area contributed by atoms with E-state index in [0.29, 0.717) is 0 Å². The minimum atomic E-state index is -4.04. The maximum atomic E-state index is 12.0. The highest BCUT2D eigenvalue weighted by atomic mass is 32.2. The molecule has 0 aliphatic carbocycles. The minimum Gasteiger partial charge on any atom is -0.379 e. The zero-order chi connectivity index (χ0) is 13.9. The molecule has 1 aromatic rings. The smallest absolute Gasteiger partial charge is 0.379 e. The molecule has 1 aliphatic rings. The van der Waals surface area contributed by atoms with Gasteiger partial charge in [-0.1, -0.05) is 12.1 Å². The molecule has 1 aromatic carbocycles. The first-order valence-corrected chi connectivity index (χ1v) is 6.88. The predicted molar refractivity (Wildman–Crippen MR) is 65.0 cm³/mol. The fourth-order valence-corrected chi connectivity index (χ4v) is 2.68. The van der Waals surface area contributed by atoms with Crippen molar-refractivity contribution in [3.05, 3.63) is 34.4 Å². The van der Waals surface area contributed by atoms with Crippen LogP contribution in [0.2, 0.25) is 0 Å². The molecule has 0 bridgehead atoms. The summed E-state index contributed by atoms with van der Waals surface area (Å²) >= 11 is 0. The molecule has 0 aromatic heterocycles. The molecular weight excluding hydrogens is 276 g/mol. The molecule has 1 fully saturated rings. The van der Waals surface area contributed by atoms with Gasteiger partial charge in [0.15, 0.2) is 0 Å². The number of benzene rings is 1. The van der Waals surface area contributed by atoms with Crippen LogP contribution < -0.4 is 4.18 Å². The molecule has 8 nitrogen and oxygen atoms in total. The number of morpholine rings is 1. The van der Waals surface area contributed by atoms with Gasteiger partial charge < -0.3 is 8.92 Å². The van der Waals surface area contributed by atoms with Gasteiger partial charge >= 0.3 is 16.0 Å². The van der Waals surface area contributed by atoms with Gasteiger partial charge in [-0.05, 0) is 6.07 Å². The van der Waals surface area contributed by atoms with Gasteiger partial charge in [0.25, 0.3) is 0 Å². The lowest BCUT2D eigenvalue weighted by Gasteiger charge is -2.25. The zero-order valence-electron chi connectivity index (χ0n) is 9.89. The van der Waals surface area contributed by atoms with E-state index in [9.17, 15) is 18.5 Å². The Kier molecular flexibility index (Phi) is 3.98. The monoisotopic (exact) mass is 288 g/mol. The highest BCUT2D eigenvalue weighted by molar-refractivity contribution is 7.84. The Morgan fingerprint density at radius 2 is 1.89 bits per heavy atom. The topological polar surface area (TPSA) is 99.0 Å². The number of ether oxygens (including phenoxy) is 1. The van der Waals surface area contributed by atoms with E-state index in [-0.39, 0.29) is 37.7 Å². The summed E-state index contributed by atoms with van der Waals surface area (Å²) in [5.41, 5.74) is -0.390. The zero-order valence-corrected chi connectivity index (χ0v) is 10.7. The lowest BCUT2D eigenvalue weighted by molar-refractivity contribution is -0.385. The van der Waals surface area contributed by atoms with Crippen LogP contribution in [0.1, 0.15) is 0 Å². The van der Waals surface area contributed by atoms with Crippen LogP contribution in [-0.2, 0) is 15.0 Å². The Morgan fingerprint density at radius 1 is 1.26 bits per heavy atom. The maximum absolute atomic E-state index is 12.0. The Labute approximate surface area is 109 Å². The summed E-state index contributed by atoms with van der Waals surface area (Å²) in [6.07, 6.45) is 0. The first-order valence-electron chi connectivity index (χ1n) is 5.51. The van der Waals surface area contributed by atoms with Gasteiger partial charge in [-0.3, -0.25) is 10.1 Å². The van der Waals surface area contributed by atoms with Crippen molar-refractivity contribution < 1.29 is 22.3 Å². The summed E-state index contributed by atoms with van der Waals surface area (Å²) < 4.78 is 34.9. The fourth-order valence-electron chi connectivity index (χ4n) is 1.61. The van der Waals surface area contributed by atoms with E-state index in [1.165, 1.54) is 24.3 Å². The number of nitrogens with zero attached hydrogens (tertiary/aromatic N) is 2. The highest BCUT2D eigenvalue weighted by Crippen LogP contribution is 2.27. The Morgan fingerprint density at radius 3 is 2.53 bits per heavy atom. The molecule has 104 valence electrons. The molecular formula is C10H12N2O6S. The van der Waals surface area contributed by atoms with Crippen molar-refractivity contribution in [1.82, 2.24) is 4.31 Å². The molecule has 0 radical (unpaired) electrons. The van der Waals surface area contributed by atoms with E-state index in [1.54, 1.807) is 0 Å². The first kappa shape index (κ1) is 13.7. The van der Waals surface area contributed by atoms with Crippen molar-refractivity contribution in [1.29, 1.82) is 0 Å². The third-order valence-electron chi connectivity index (χ3n) is 2.54. The molecule has 1 saturated heterocycles. The highest BCUT2D eigenvalue weighted by Gasteiger charge is 2.28. The second kappa shape index (κ2) is 5.51. The normalized spacial score (nSPS) is 17.1. The van der Waals surface area contributed by atoms with Gasteiger partial charge in [0, 0.05) is 19.2 Å². The average molecular weight is 288 g/mol. The van der Waals surface area contributed by atoms with Gasteiger partial charge in [-0.15, -0.1) is 0 Å². The van der Waals surface area contributed by atoms with Crippen LogP contribution in [0, 0.1) is 10.1 Å². The van der Waals surface area contributed by atoms with Gasteiger partial charge in [0.05, 0.1) is 18.1 Å². The van der Waals surface area contributed by atoms with Crippen LogP contribution in [0.5, 0.6) is 5.75 Å². The van der Waals surface area contributed by atoms with Gasteiger partial charge in [-0.25, -0.2) is 0 Å². The molecule has 1 aliphatic heterocycles. The number of nitro groups is 1. The lowest BCUT2D eigenvalue weighted by Crippen LogP contribution is -2.42. The van der Waals surface area contributed by atoms with Crippen LogP contribution in [0.3, 0.4) is 0 Å². The van der Waals surface area contributed by atoms with Crippen molar-refractivity contribution in [2.24, 2.45) is 0 Å². The molecule has 2 rings (SSSR count). The average Bonchev–Trinajstić information content (AvgIpc) is 2.39. The molecule has 0 amide bonds. The van der Waals surface area contributed by atoms with Crippen molar-refractivity contribution in [2.75, 3.05) is 26.3 Å². The number of hydrogen-bond donors (Lipinski definition) is 0. The van der Waals surface area contributed by atoms with E-state index in [0.717, 1.165) is 4.31 Å². The quantitative estimate of drug-likeness (QED) is 0.592. The third kappa shape index (κ3) is 3.19. The third-order valence-corrected chi connectivity index (χ3v) is 3.93. The molecule has 0 spiro atoms. The molecule has 0 unspecified atom stereocenters. The van der Waals surface area contributed by atoms with E-state index < -0.39 is 15.2 Å². The molecule has 1 heterocycles. The standard InChI is InChI=1S/C10H12N2O6S/c13-12(14)9-3-1-2-4-10(9)18-19(15,16)11-5-7-17-8-6-11/h1-4H,5-8H2. The van der Waals surface area contributed by atoms with E-state index in [4.69, 9.17) is 8.92 Å². The molecule has 0 saturated carbocycles. The summed E-state index contributed by atoms with van der Waals surface area (Å²) in [5.74, 6) is -0.293. The lowest BCUT2D eigenvalue weighted by atomic mass is 10.3. The fraction of sp³-hybridized carbons (Fsp3) is 0.400. The molecule has 0 atom stereocenters. The number of para-hydroxylation sites is 2. The number of rotatable bonds is 4. The van der Waals surface area contributed by atoms with E-state index in [1.807, 2.05) is 0 Å². The van der Waals surface area contributed by atoms with Crippen molar-refractivity contribution >= 4 is 16.0 Å². The largest absolute Gasteiger partial charge is 0.385 e. The second-order valence-corrected chi connectivity index (χ2v) is 5.32. The summed E-state index contributed by atoms with van der Waals surface area (Å²) in [6.45, 7) is 0.894.